The highest BCUT2D eigenvalue weighted by atomic mass is 16.2. The molecule has 0 saturated heterocycles. The maximum absolute atomic E-state index is 12.7. The number of nitrogens with one attached hydrogen (secondary N) is 1. The van der Waals surface area contributed by atoms with Gasteiger partial charge in [-0.15, -0.1) is 0 Å². The van der Waals surface area contributed by atoms with E-state index in [2.05, 4.69) is 73.3 Å². The lowest BCUT2D eigenvalue weighted by atomic mass is 9.86. The van der Waals surface area contributed by atoms with Gasteiger partial charge in [0, 0.05) is 24.8 Å². The van der Waals surface area contributed by atoms with E-state index in [9.17, 15) is 9.59 Å². The third-order valence-electron chi connectivity index (χ3n) is 6.98. The summed E-state index contributed by atoms with van der Waals surface area (Å²) in [7, 11) is 0. The lowest BCUT2D eigenvalue weighted by molar-refractivity contribution is 0.0651. The molecule has 4 aromatic rings. The molecule has 6 nitrogen and oxygen atoms in total. The number of carbonyl (C=O) groups excluding carboxylic acids is 2. The minimum absolute atomic E-state index is 0.0362. The maximum Gasteiger partial charge on any atom is 0.261 e. The van der Waals surface area contributed by atoms with Crippen molar-refractivity contribution in [2.75, 3.05) is 13.1 Å². The van der Waals surface area contributed by atoms with Crippen LogP contribution in [0, 0.1) is 5.41 Å². The van der Waals surface area contributed by atoms with Crippen LogP contribution >= 0.6 is 0 Å². The first-order valence-electron chi connectivity index (χ1n) is 13.2. The van der Waals surface area contributed by atoms with Crippen molar-refractivity contribution in [3.05, 3.63) is 114 Å². The van der Waals surface area contributed by atoms with Gasteiger partial charge >= 0.3 is 0 Å². The summed E-state index contributed by atoms with van der Waals surface area (Å²) >= 11 is 0. The normalized spacial score (nSPS) is 14.1. The van der Waals surface area contributed by atoms with E-state index < -0.39 is 0 Å². The van der Waals surface area contributed by atoms with Gasteiger partial charge in [-0.2, -0.15) is 0 Å². The zero-order chi connectivity index (χ0) is 26.7. The van der Waals surface area contributed by atoms with Crippen LogP contribution in [0.2, 0.25) is 0 Å². The zero-order valence-electron chi connectivity index (χ0n) is 22.2. The van der Waals surface area contributed by atoms with E-state index in [-0.39, 0.29) is 23.3 Å². The largest absolute Gasteiger partial charge is 0.329 e. The molecular formula is C32H34N4O2. The zero-order valence-corrected chi connectivity index (χ0v) is 22.2. The number of rotatable bonds is 9. The fourth-order valence-corrected chi connectivity index (χ4v) is 5.03. The van der Waals surface area contributed by atoms with Gasteiger partial charge in [0.2, 0.25) is 0 Å². The van der Waals surface area contributed by atoms with Crippen molar-refractivity contribution in [2.45, 2.75) is 39.8 Å². The van der Waals surface area contributed by atoms with Gasteiger partial charge in [0.1, 0.15) is 5.82 Å². The van der Waals surface area contributed by atoms with Gasteiger partial charge < -0.3 is 9.88 Å². The van der Waals surface area contributed by atoms with Gasteiger partial charge in [0.05, 0.1) is 22.9 Å². The summed E-state index contributed by atoms with van der Waals surface area (Å²) in [6.07, 6.45) is 2.79. The van der Waals surface area contributed by atoms with Crippen LogP contribution in [0.1, 0.15) is 65.3 Å². The Kier molecular flexibility index (Phi) is 7.25. The van der Waals surface area contributed by atoms with Crippen molar-refractivity contribution in [1.29, 1.82) is 0 Å². The van der Waals surface area contributed by atoms with Gasteiger partial charge in [0.25, 0.3) is 11.8 Å². The van der Waals surface area contributed by atoms with Gasteiger partial charge in [0.15, 0.2) is 0 Å². The maximum atomic E-state index is 12.7. The highest BCUT2D eigenvalue weighted by Crippen LogP contribution is 2.34. The van der Waals surface area contributed by atoms with E-state index in [0.717, 1.165) is 23.6 Å². The SMILES string of the molecule is CC(C)(C)[C@@H](NCCCN1C(=O)c2ccccc2C1=O)c1nc(-c2ccccc2)cn1Cc1ccccc1. The Morgan fingerprint density at radius 3 is 2.00 bits per heavy atom. The monoisotopic (exact) mass is 506 g/mol. The van der Waals surface area contributed by atoms with Crippen LogP contribution < -0.4 is 5.32 Å². The molecule has 0 radical (unpaired) electrons. The van der Waals surface area contributed by atoms with Crippen molar-refractivity contribution in [3.8, 4) is 11.3 Å². The average molecular weight is 507 g/mol. The van der Waals surface area contributed by atoms with Crippen molar-refractivity contribution in [3.63, 3.8) is 0 Å². The topological polar surface area (TPSA) is 67.2 Å². The summed E-state index contributed by atoms with van der Waals surface area (Å²) in [6.45, 7) is 8.37. The number of aromatic nitrogens is 2. The number of imidazole rings is 1. The molecule has 5 rings (SSSR count). The molecule has 0 aliphatic carbocycles. The summed E-state index contributed by atoms with van der Waals surface area (Å²) in [5.74, 6) is 0.564. The molecule has 0 bridgehead atoms. The predicted octanol–water partition coefficient (Wildman–Crippen LogP) is 5.96. The fraction of sp³-hybridized carbons (Fsp3) is 0.281. The molecule has 2 amide bonds. The molecular weight excluding hydrogens is 472 g/mol. The standard InChI is InChI=1S/C32H34N4O2/c1-32(2,3)28(33-19-12-20-36-30(37)25-17-10-11-18-26(25)31(36)38)29-34-27(24-15-8-5-9-16-24)22-35(29)21-23-13-6-4-7-14-23/h4-11,13-18,22,28,33H,12,19-21H2,1-3H3/t28-/m0/s1. The van der Waals surface area contributed by atoms with Crippen molar-refractivity contribution in [2.24, 2.45) is 5.41 Å². The number of fused-ring (bicyclic) bond motifs is 1. The van der Waals surface area contributed by atoms with Crippen LogP contribution in [-0.4, -0.2) is 39.4 Å². The third kappa shape index (κ3) is 5.31. The van der Waals surface area contributed by atoms with Gasteiger partial charge in [-0.3, -0.25) is 14.5 Å². The second kappa shape index (κ2) is 10.8. The minimum atomic E-state index is -0.205. The van der Waals surface area contributed by atoms with E-state index in [1.54, 1.807) is 24.3 Å². The minimum Gasteiger partial charge on any atom is -0.329 e. The molecule has 6 heteroatoms. The fourth-order valence-electron chi connectivity index (χ4n) is 5.03. The van der Waals surface area contributed by atoms with Gasteiger partial charge in [-0.25, -0.2) is 4.98 Å². The molecule has 0 spiro atoms. The number of nitrogens with zero attached hydrogens (tertiary/aromatic N) is 3. The van der Waals surface area contributed by atoms with E-state index in [1.807, 2.05) is 24.3 Å². The molecule has 0 saturated carbocycles. The second-order valence-corrected chi connectivity index (χ2v) is 10.9. The van der Waals surface area contributed by atoms with Crippen LogP contribution in [0.5, 0.6) is 0 Å². The first kappa shape index (κ1) is 25.6. The molecule has 1 N–H and O–H groups in total. The predicted molar refractivity (Wildman–Crippen MR) is 150 cm³/mol. The molecule has 0 unspecified atom stereocenters. The lowest BCUT2D eigenvalue weighted by Crippen LogP contribution is -2.37. The number of amides is 2. The number of imide groups is 1. The van der Waals surface area contributed by atoms with Crippen molar-refractivity contribution in [1.82, 2.24) is 19.8 Å². The molecule has 1 atom stereocenters. The summed E-state index contributed by atoms with van der Waals surface area (Å²) in [6, 6.07) is 27.7. The summed E-state index contributed by atoms with van der Waals surface area (Å²) in [5, 5.41) is 3.71. The van der Waals surface area contributed by atoms with Crippen LogP contribution in [-0.2, 0) is 6.54 Å². The van der Waals surface area contributed by atoms with E-state index in [1.165, 1.54) is 10.5 Å². The van der Waals surface area contributed by atoms with Crippen molar-refractivity contribution >= 4 is 11.8 Å². The van der Waals surface area contributed by atoms with Gasteiger partial charge in [-0.1, -0.05) is 93.6 Å². The first-order valence-corrected chi connectivity index (χ1v) is 13.2. The third-order valence-corrected chi connectivity index (χ3v) is 6.98. The Hall–Kier alpha value is -4.03. The summed E-state index contributed by atoms with van der Waals surface area (Å²) in [4.78, 5) is 32.0. The Morgan fingerprint density at radius 1 is 0.816 bits per heavy atom. The second-order valence-electron chi connectivity index (χ2n) is 10.9. The van der Waals surface area contributed by atoms with Crippen molar-refractivity contribution < 1.29 is 9.59 Å². The Morgan fingerprint density at radius 2 is 1.39 bits per heavy atom. The first-order chi connectivity index (χ1) is 18.3. The van der Waals surface area contributed by atoms with E-state index >= 15 is 0 Å². The van der Waals surface area contributed by atoms with E-state index in [0.29, 0.717) is 30.6 Å². The Labute approximate surface area is 224 Å². The van der Waals surface area contributed by atoms with E-state index in [4.69, 9.17) is 4.98 Å². The highest BCUT2D eigenvalue weighted by Gasteiger charge is 2.35. The summed E-state index contributed by atoms with van der Waals surface area (Å²) in [5.41, 5.74) is 4.11. The lowest BCUT2D eigenvalue weighted by Gasteiger charge is -2.32. The smallest absolute Gasteiger partial charge is 0.261 e. The molecule has 2 heterocycles. The molecule has 1 aliphatic rings. The molecule has 1 aromatic heterocycles. The number of carbonyl (C=O) groups is 2. The highest BCUT2D eigenvalue weighted by molar-refractivity contribution is 6.21. The van der Waals surface area contributed by atoms with Crippen LogP contribution in [0.3, 0.4) is 0 Å². The molecule has 3 aromatic carbocycles. The van der Waals surface area contributed by atoms with Crippen LogP contribution in [0.25, 0.3) is 11.3 Å². The quantitative estimate of drug-likeness (QED) is 0.225. The van der Waals surface area contributed by atoms with Crippen LogP contribution in [0.4, 0.5) is 0 Å². The molecule has 1 aliphatic heterocycles. The Balaban J connectivity index is 1.35. The summed E-state index contributed by atoms with van der Waals surface area (Å²) < 4.78 is 2.24. The number of hydrogen-bond acceptors (Lipinski definition) is 4. The molecule has 0 fully saturated rings. The number of benzene rings is 3. The molecule has 38 heavy (non-hydrogen) atoms. The Bertz CT molecular complexity index is 1390. The van der Waals surface area contributed by atoms with Crippen LogP contribution in [0.15, 0.2) is 91.1 Å². The number of hydrogen-bond donors (Lipinski definition) is 1. The molecule has 194 valence electrons. The average Bonchev–Trinajstić information content (AvgIpc) is 3.43. The van der Waals surface area contributed by atoms with Gasteiger partial charge in [-0.05, 0) is 36.1 Å².